The van der Waals surface area contributed by atoms with Gasteiger partial charge in [-0.2, -0.15) is 0 Å². The largest absolute Gasteiger partial charge is 0.508 e. The number of hydrogen-bond donors (Lipinski definition) is 1. The highest BCUT2D eigenvalue weighted by molar-refractivity contribution is 6.74. The number of aliphatic hydroxyl groups excluding tert-OH is 1. The van der Waals surface area contributed by atoms with Gasteiger partial charge in [0, 0.05) is 17.1 Å². The van der Waals surface area contributed by atoms with Crippen molar-refractivity contribution < 1.29 is 33.1 Å². The summed E-state index contributed by atoms with van der Waals surface area (Å²) in [6, 6.07) is 9.32. The molecule has 0 amide bonds. The highest BCUT2D eigenvalue weighted by Crippen LogP contribution is 2.60. The van der Waals surface area contributed by atoms with Gasteiger partial charge < -0.3 is 23.5 Å². The summed E-state index contributed by atoms with van der Waals surface area (Å²) in [5.74, 6) is -1.28. The highest BCUT2D eigenvalue weighted by Gasteiger charge is 2.67. The second-order valence-corrected chi connectivity index (χ2v) is 20.7. The quantitative estimate of drug-likeness (QED) is 0.144. The summed E-state index contributed by atoms with van der Waals surface area (Å²) in [6.07, 6.45) is 5.85. The van der Waals surface area contributed by atoms with Crippen LogP contribution >= 0.6 is 0 Å². The lowest BCUT2D eigenvalue weighted by Crippen LogP contribution is -2.65. The van der Waals surface area contributed by atoms with Crippen LogP contribution in [0.2, 0.25) is 18.1 Å². The molecule has 3 aromatic rings. The van der Waals surface area contributed by atoms with Crippen molar-refractivity contribution in [1.29, 1.82) is 0 Å². The number of carbonyl (C=O) groups is 2. The number of carbonyl (C=O) groups excluding carboxylic acids is 2. The van der Waals surface area contributed by atoms with E-state index in [1.807, 2.05) is 49.3 Å². The molecule has 1 aromatic carbocycles. The number of nitrogens with zero attached hydrogens (tertiary/aromatic N) is 3. The van der Waals surface area contributed by atoms with Crippen molar-refractivity contribution in [3.8, 4) is 22.9 Å². The Bertz CT molecular complexity index is 1830. The molecular formula is C40H53N3O7Si. The second-order valence-electron chi connectivity index (χ2n) is 16.0. The molecule has 0 bridgehead atoms. The van der Waals surface area contributed by atoms with Gasteiger partial charge in [-0.1, -0.05) is 77.8 Å². The third-order valence-corrected chi connectivity index (χ3v) is 15.8. The van der Waals surface area contributed by atoms with E-state index >= 15 is 9.59 Å². The molecule has 11 heteroatoms. The van der Waals surface area contributed by atoms with Gasteiger partial charge in [0.1, 0.15) is 17.1 Å². The monoisotopic (exact) mass is 715 g/mol. The van der Waals surface area contributed by atoms with E-state index in [2.05, 4.69) is 52.9 Å². The van der Waals surface area contributed by atoms with Crippen LogP contribution in [0.25, 0.3) is 11.3 Å². The van der Waals surface area contributed by atoms with E-state index in [-0.39, 0.29) is 33.6 Å². The molecule has 0 unspecified atom stereocenters. The number of hydrogen-bond acceptors (Lipinski definition) is 10. The molecule has 0 spiro atoms. The van der Waals surface area contributed by atoms with Crippen LogP contribution in [0, 0.1) is 11.8 Å². The molecule has 10 nitrogen and oxygen atoms in total. The van der Waals surface area contributed by atoms with Gasteiger partial charge in [0.25, 0.3) is 5.88 Å². The first-order valence-electron chi connectivity index (χ1n) is 18.4. The zero-order valence-corrected chi connectivity index (χ0v) is 32.6. The van der Waals surface area contributed by atoms with Gasteiger partial charge in [-0.25, -0.2) is 0 Å². The lowest BCUT2D eigenvalue weighted by molar-refractivity contribution is -0.0480. The third-order valence-electron chi connectivity index (χ3n) is 11.4. The van der Waals surface area contributed by atoms with Crippen molar-refractivity contribution in [1.82, 2.24) is 15.0 Å². The van der Waals surface area contributed by atoms with Crippen LogP contribution in [-0.2, 0) is 10.8 Å². The molecule has 0 radical (unpaired) electrons. The van der Waals surface area contributed by atoms with E-state index in [9.17, 15) is 5.11 Å². The Labute approximate surface area is 302 Å². The Morgan fingerprint density at radius 2 is 1.69 bits per heavy atom. The summed E-state index contributed by atoms with van der Waals surface area (Å²) in [5.41, 5.74) is 1.30. The minimum Gasteiger partial charge on any atom is -0.508 e. The number of aliphatic hydroxyl groups is 1. The fourth-order valence-corrected chi connectivity index (χ4v) is 9.16. The zero-order valence-electron chi connectivity index (χ0n) is 31.6. The Balaban J connectivity index is 1.61. The Morgan fingerprint density at radius 1 is 1.02 bits per heavy atom. The van der Waals surface area contributed by atoms with Gasteiger partial charge in [-0.05, 0) is 74.5 Å². The molecule has 3 aliphatic carbocycles. The van der Waals surface area contributed by atoms with E-state index in [4.69, 9.17) is 23.4 Å². The Morgan fingerprint density at radius 3 is 2.31 bits per heavy atom. The maximum absolute atomic E-state index is 15.3. The van der Waals surface area contributed by atoms with E-state index in [1.54, 1.807) is 6.20 Å². The van der Waals surface area contributed by atoms with E-state index in [0.717, 1.165) is 36.8 Å². The Kier molecular flexibility index (Phi) is 10.1. The van der Waals surface area contributed by atoms with Crippen molar-refractivity contribution in [3.05, 3.63) is 70.3 Å². The number of ether oxygens (including phenoxy) is 2. The number of rotatable bonds is 12. The number of pyridine rings is 1. The van der Waals surface area contributed by atoms with Crippen molar-refractivity contribution in [2.45, 2.75) is 103 Å². The molecule has 51 heavy (non-hydrogen) atoms. The average Bonchev–Trinajstić information content (AvgIpc) is 3.49. The van der Waals surface area contributed by atoms with Crippen LogP contribution in [0.4, 0.5) is 0 Å². The SMILES string of the molecule is CCCCOc1cnc(-c2ccccc2)c2c1C(=O)C1=C(O)[C@]3(O[Si](C)(C)C(C)(C)C)C(=O)c4c(OCCCC)noc4[C@@H](N(C)C)[C@@H]3C[C@@H]1C2. The molecule has 0 aliphatic heterocycles. The highest BCUT2D eigenvalue weighted by atomic mass is 28.4. The molecular weight excluding hydrogens is 663 g/mol. The molecule has 274 valence electrons. The maximum atomic E-state index is 15.3. The van der Waals surface area contributed by atoms with Crippen LogP contribution in [0.15, 0.2) is 52.4 Å². The molecule has 0 saturated carbocycles. The zero-order chi connectivity index (χ0) is 36.9. The van der Waals surface area contributed by atoms with E-state index in [1.165, 1.54) is 0 Å². The average molecular weight is 716 g/mol. The first kappa shape index (κ1) is 37.0. The fraction of sp³-hybridized carbons (Fsp3) is 0.550. The lowest BCUT2D eigenvalue weighted by atomic mass is 9.58. The summed E-state index contributed by atoms with van der Waals surface area (Å²) in [4.78, 5) is 37.3. The molecule has 3 aliphatic rings. The number of ketones is 2. The van der Waals surface area contributed by atoms with Crippen LogP contribution in [0.5, 0.6) is 11.6 Å². The molecule has 6 rings (SSSR count). The predicted octanol–water partition coefficient (Wildman–Crippen LogP) is 8.54. The summed E-state index contributed by atoms with van der Waals surface area (Å²) < 4.78 is 25.5. The number of unbranched alkanes of at least 4 members (excludes halogenated alkanes) is 2. The molecule has 4 atom stereocenters. The molecule has 2 aromatic heterocycles. The van der Waals surface area contributed by atoms with Gasteiger partial charge in [0.05, 0.1) is 36.7 Å². The van der Waals surface area contributed by atoms with Crippen LogP contribution < -0.4 is 9.47 Å². The number of Topliss-reactive ketones (excluding diaryl/α,β-unsaturated/α-hetero) is 2. The molecule has 2 heterocycles. The van der Waals surface area contributed by atoms with E-state index in [0.29, 0.717) is 48.8 Å². The number of benzene rings is 1. The first-order valence-corrected chi connectivity index (χ1v) is 21.3. The summed E-state index contributed by atoms with van der Waals surface area (Å²) in [6.45, 7) is 15.4. The normalized spacial score (nSPS) is 23.1. The van der Waals surface area contributed by atoms with Gasteiger partial charge in [-0.15, -0.1) is 0 Å². The van der Waals surface area contributed by atoms with Gasteiger partial charge >= 0.3 is 0 Å². The van der Waals surface area contributed by atoms with Gasteiger partial charge in [0.15, 0.2) is 25.5 Å². The number of aromatic nitrogens is 2. The lowest BCUT2D eigenvalue weighted by Gasteiger charge is -2.55. The Hall–Kier alpha value is -3.80. The van der Waals surface area contributed by atoms with Crippen molar-refractivity contribution >= 4 is 19.9 Å². The first-order chi connectivity index (χ1) is 24.2. The van der Waals surface area contributed by atoms with E-state index < -0.39 is 37.6 Å². The second kappa shape index (κ2) is 14.0. The van der Waals surface area contributed by atoms with Crippen LogP contribution in [-0.4, -0.2) is 72.9 Å². The smallest absolute Gasteiger partial charge is 0.265 e. The molecule has 0 saturated heterocycles. The number of allylic oxidation sites excluding steroid dienone is 1. The molecule has 1 N–H and O–H groups in total. The van der Waals surface area contributed by atoms with Crippen molar-refractivity contribution in [2.24, 2.45) is 11.8 Å². The predicted molar refractivity (Wildman–Crippen MR) is 198 cm³/mol. The topological polar surface area (TPSA) is 124 Å². The van der Waals surface area contributed by atoms with Crippen LogP contribution in [0.1, 0.15) is 105 Å². The van der Waals surface area contributed by atoms with Crippen molar-refractivity contribution in [3.63, 3.8) is 0 Å². The minimum atomic E-state index is -2.81. The number of fused-ring (bicyclic) bond motifs is 4. The van der Waals surface area contributed by atoms with Crippen LogP contribution in [0.3, 0.4) is 0 Å². The van der Waals surface area contributed by atoms with Gasteiger partial charge in [-0.3, -0.25) is 19.5 Å². The minimum absolute atomic E-state index is 0.0948. The summed E-state index contributed by atoms with van der Waals surface area (Å²) in [7, 11) is 1.04. The summed E-state index contributed by atoms with van der Waals surface area (Å²) in [5, 5.41) is 16.8. The molecule has 0 fully saturated rings. The van der Waals surface area contributed by atoms with Gasteiger partial charge in [0.2, 0.25) is 5.78 Å². The third kappa shape index (κ3) is 6.14. The maximum Gasteiger partial charge on any atom is 0.265 e. The standard InChI is InChI=1S/C40H53N3O7Si/c1-10-12-19-47-28-23-41-32(24-17-15-14-16-18-24)26-21-25-22-27-33(43(6)7)35-31(38(42-49-35)48-20-13-11-2)37(46)40(27,50-51(8,9)39(3,4)5)36(45)29(25)34(44)30(26)28/h14-18,23,25,27,33,45H,10-13,19-22H2,1-9H3/t25-,27-,33-,40-/m0/s1. The summed E-state index contributed by atoms with van der Waals surface area (Å²) >= 11 is 0. The fourth-order valence-electron chi connectivity index (χ4n) is 7.71. The van der Waals surface area contributed by atoms with Crippen molar-refractivity contribution in [2.75, 3.05) is 27.3 Å².